The Morgan fingerprint density at radius 1 is 0.538 bits per heavy atom. The molecule has 6 aromatic carbocycles. The van der Waals surface area contributed by atoms with E-state index in [1.807, 2.05) is 62.7 Å². The number of benzene rings is 6. The lowest BCUT2D eigenvalue weighted by molar-refractivity contribution is 0.0734. The predicted molar refractivity (Wildman–Crippen MR) is 217 cm³/mol. The van der Waals surface area contributed by atoms with Crippen LogP contribution in [0.3, 0.4) is 0 Å². The summed E-state index contributed by atoms with van der Waals surface area (Å²) in [5.74, 6) is 0.208. The van der Waals surface area contributed by atoms with Crippen LogP contribution in [0.5, 0.6) is 5.75 Å². The van der Waals surface area contributed by atoms with Crippen LogP contribution in [-0.4, -0.2) is 12.2 Å². The first-order valence-corrected chi connectivity index (χ1v) is 17.7. The number of ether oxygens (including phenoxy) is 1. The van der Waals surface area contributed by atoms with E-state index in [4.69, 9.17) is 4.74 Å². The lowest BCUT2D eigenvalue weighted by Crippen LogP contribution is -2.17. The van der Waals surface area contributed by atoms with Crippen molar-refractivity contribution in [1.82, 2.24) is 5.32 Å². The summed E-state index contributed by atoms with van der Waals surface area (Å²) >= 11 is 0. The minimum Gasteiger partial charge on any atom is -0.423 e. The minimum absolute atomic E-state index is 0.0827. The number of rotatable bonds is 6. The molecule has 1 aliphatic rings. The van der Waals surface area contributed by atoms with Gasteiger partial charge >= 0.3 is 5.97 Å². The molecule has 0 spiro atoms. The van der Waals surface area contributed by atoms with Gasteiger partial charge in [0.05, 0.1) is 5.56 Å². The number of hydrogen-bond acceptors (Lipinski definition) is 4. The van der Waals surface area contributed by atoms with Crippen molar-refractivity contribution >= 4 is 12.2 Å². The monoisotopic (exact) mass is 684 g/mol. The highest BCUT2D eigenvalue weighted by atomic mass is 16.5. The van der Waals surface area contributed by atoms with Crippen molar-refractivity contribution in [2.75, 3.05) is 0 Å². The van der Waals surface area contributed by atoms with E-state index in [9.17, 15) is 4.79 Å². The smallest absolute Gasteiger partial charge is 0.343 e. The normalized spacial score (nSPS) is 13.0. The van der Waals surface area contributed by atoms with Crippen LogP contribution >= 0.6 is 0 Å². The number of carbonyl (C=O) groups is 1. The third-order valence-corrected chi connectivity index (χ3v) is 8.68. The summed E-state index contributed by atoms with van der Waals surface area (Å²) in [6, 6.07) is 49.2. The van der Waals surface area contributed by atoms with Crippen LogP contribution in [0.2, 0.25) is 0 Å². The van der Waals surface area contributed by atoms with Crippen molar-refractivity contribution in [3.8, 4) is 16.9 Å². The highest BCUT2D eigenvalue weighted by Gasteiger charge is 2.10. The number of aliphatic imine (C=N–C) groups is 1. The molecule has 0 bridgehead atoms. The number of carbonyl (C=O) groups excluding carboxylic acids is 1. The molecule has 0 saturated carbocycles. The summed E-state index contributed by atoms with van der Waals surface area (Å²) in [4.78, 5) is 16.5. The summed E-state index contributed by atoms with van der Waals surface area (Å²) in [6.07, 6.45) is 5.01. The highest BCUT2D eigenvalue weighted by molar-refractivity contribution is 5.91. The fourth-order valence-electron chi connectivity index (χ4n) is 5.38. The van der Waals surface area contributed by atoms with Crippen LogP contribution in [0.25, 0.3) is 11.1 Å². The Balaban J connectivity index is 0.000000158. The van der Waals surface area contributed by atoms with Gasteiger partial charge in [-0.1, -0.05) is 149 Å². The van der Waals surface area contributed by atoms with Gasteiger partial charge < -0.3 is 10.1 Å². The van der Waals surface area contributed by atoms with Gasteiger partial charge in [0.15, 0.2) is 0 Å². The van der Waals surface area contributed by atoms with Crippen LogP contribution in [0.15, 0.2) is 162 Å². The van der Waals surface area contributed by atoms with Gasteiger partial charge in [-0.3, -0.25) is 4.99 Å². The third-order valence-electron chi connectivity index (χ3n) is 8.68. The maximum atomic E-state index is 12.1. The molecule has 4 nitrogen and oxygen atoms in total. The van der Waals surface area contributed by atoms with Gasteiger partial charge in [0.2, 0.25) is 0 Å². The van der Waals surface area contributed by atoms with E-state index >= 15 is 0 Å². The second kappa shape index (κ2) is 18.3. The van der Waals surface area contributed by atoms with Crippen molar-refractivity contribution < 1.29 is 9.53 Å². The molecule has 0 aromatic heterocycles. The quantitative estimate of drug-likeness (QED) is 0.140. The number of esters is 1. The molecule has 262 valence electrons. The summed E-state index contributed by atoms with van der Waals surface area (Å²) in [7, 11) is 0. The second-order valence-electron chi connectivity index (χ2n) is 13.4. The average molecular weight is 685 g/mol. The molecule has 0 aliphatic carbocycles. The van der Waals surface area contributed by atoms with Crippen LogP contribution in [0.1, 0.15) is 68.0 Å². The van der Waals surface area contributed by atoms with E-state index in [1.165, 1.54) is 38.9 Å². The molecule has 1 N–H and O–H groups in total. The van der Waals surface area contributed by atoms with Gasteiger partial charge in [-0.25, -0.2) is 4.79 Å². The first kappa shape index (κ1) is 37.3. The van der Waals surface area contributed by atoms with Gasteiger partial charge in [-0.05, 0) is 106 Å². The molecule has 1 unspecified atom stereocenters. The second-order valence-corrected chi connectivity index (χ2v) is 13.4. The Kier molecular flexibility index (Phi) is 13.1. The number of aryl methyl sites for hydroxylation is 5. The average Bonchev–Trinajstić information content (AvgIpc) is 3.16. The SMILES string of the molecule is CC1=CNC(c2ccc(C)cc2)N=C1.Cc1ccc(C(=O)Oc2ccc(-c3ccc(C)cc3)cc2)cc1.Cc1ccc(Cc2ccc(C)cc2)cc1. The fourth-order valence-corrected chi connectivity index (χ4v) is 5.38. The first-order valence-electron chi connectivity index (χ1n) is 17.7. The van der Waals surface area contributed by atoms with Crippen LogP contribution < -0.4 is 10.1 Å². The molecule has 0 radical (unpaired) electrons. The number of nitrogens with one attached hydrogen (secondary N) is 1. The van der Waals surface area contributed by atoms with Gasteiger partial charge in [0.25, 0.3) is 0 Å². The van der Waals surface area contributed by atoms with E-state index < -0.39 is 0 Å². The van der Waals surface area contributed by atoms with Gasteiger partial charge in [0.1, 0.15) is 11.9 Å². The summed E-state index contributed by atoms with van der Waals surface area (Å²) in [5, 5.41) is 3.24. The van der Waals surface area contributed by atoms with E-state index in [1.54, 1.807) is 12.1 Å². The maximum Gasteiger partial charge on any atom is 0.343 e. The van der Waals surface area contributed by atoms with Gasteiger partial charge in [-0.15, -0.1) is 0 Å². The number of hydrogen-bond donors (Lipinski definition) is 1. The predicted octanol–water partition coefficient (Wildman–Crippen LogP) is 11.7. The number of nitrogens with zero attached hydrogens (tertiary/aromatic N) is 1. The molecule has 1 aliphatic heterocycles. The van der Waals surface area contributed by atoms with Crippen molar-refractivity contribution in [1.29, 1.82) is 0 Å². The molecule has 0 fully saturated rings. The zero-order valence-electron chi connectivity index (χ0n) is 31.1. The van der Waals surface area contributed by atoms with Gasteiger partial charge in [-0.2, -0.15) is 0 Å². The van der Waals surface area contributed by atoms with Crippen LogP contribution in [0, 0.1) is 34.6 Å². The van der Waals surface area contributed by atoms with E-state index in [-0.39, 0.29) is 12.1 Å². The molecular formula is C48H48N2O2. The van der Waals surface area contributed by atoms with Crippen molar-refractivity contribution in [3.63, 3.8) is 0 Å². The molecular weight excluding hydrogens is 637 g/mol. The van der Waals surface area contributed by atoms with Gasteiger partial charge in [0, 0.05) is 12.4 Å². The lowest BCUT2D eigenvalue weighted by atomic mass is 10.0. The Labute approximate surface area is 309 Å². The molecule has 4 heteroatoms. The zero-order chi connectivity index (χ0) is 36.9. The molecule has 52 heavy (non-hydrogen) atoms. The highest BCUT2D eigenvalue weighted by Crippen LogP contribution is 2.23. The topological polar surface area (TPSA) is 50.7 Å². The standard InChI is InChI=1S/C21H18O2.C15H16.C12H14N2/c1-15-3-7-17(8-4-15)18-11-13-20(14-12-18)23-21(22)19-9-5-16(2)6-10-19;1-12-3-7-14(8-4-12)11-15-9-5-13(2)6-10-15;1-9-3-5-11(6-4-9)12-13-7-10(2)8-14-12/h3-14H,1-2H3;3-10H,11H2,1-2H3;3-8,12-13H,1-2H3. The molecule has 1 atom stereocenters. The molecule has 0 amide bonds. The Bertz CT molecular complexity index is 2030. The molecule has 7 rings (SSSR count). The molecule has 1 heterocycles. The Hall–Kier alpha value is -6.00. The minimum atomic E-state index is -0.340. The van der Waals surface area contributed by atoms with Crippen LogP contribution in [-0.2, 0) is 6.42 Å². The lowest BCUT2D eigenvalue weighted by Gasteiger charge is -2.17. The Morgan fingerprint density at radius 3 is 1.38 bits per heavy atom. The largest absolute Gasteiger partial charge is 0.423 e. The fraction of sp³-hybridized carbons (Fsp3) is 0.167. The summed E-state index contributed by atoms with van der Waals surface area (Å²) < 4.78 is 5.41. The Morgan fingerprint density at radius 2 is 0.942 bits per heavy atom. The van der Waals surface area contributed by atoms with Crippen molar-refractivity contribution in [2.24, 2.45) is 4.99 Å². The number of allylic oxidation sites excluding steroid dienone is 1. The third kappa shape index (κ3) is 11.5. The van der Waals surface area contributed by atoms with Crippen molar-refractivity contribution in [2.45, 2.75) is 54.1 Å². The molecule has 0 saturated heterocycles. The first-order chi connectivity index (χ1) is 25.1. The summed E-state index contributed by atoms with van der Waals surface area (Å²) in [5.41, 5.74) is 14.2. The van der Waals surface area contributed by atoms with E-state index in [2.05, 4.69) is 135 Å². The van der Waals surface area contributed by atoms with Crippen molar-refractivity contribution in [3.05, 3.63) is 207 Å². The molecule has 6 aromatic rings. The van der Waals surface area contributed by atoms with Crippen LogP contribution in [0.4, 0.5) is 0 Å². The summed E-state index contributed by atoms with van der Waals surface area (Å²) in [6.45, 7) is 12.4. The zero-order valence-corrected chi connectivity index (χ0v) is 31.1. The maximum absolute atomic E-state index is 12.1. The van der Waals surface area contributed by atoms with E-state index in [0.717, 1.165) is 28.7 Å². The van der Waals surface area contributed by atoms with E-state index in [0.29, 0.717) is 11.3 Å².